The van der Waals surface area contributed by atoms with Gasteiger partial charge < -0.3 is 16.8 Å². The minimum atomic E-state index is -0.118. The lowest BCUT2D eigenvalue weighted by molar-refractivity contribution is -0.119. The number of hydrogen-bond donors (Lipinski definition) is 3. The molecule has 0 radical (unpaired) electrons. The number of carbonyl (C=O) groups excluding carboxylic acids is 1. The van der Waals surface area contributed by atoms with Gasteiger partial charge in [0.05, 0.1) is 6.54 Å². The Bertz CT molecular complexity index is 130. The van der Waals surface area contributed by atoms with Gasteiger partial charge in [-0.15, -0.1) is 12.4 Å². The van der Waals surface area contributed by atoms with Crippen LogP contribution in [0.15, 0.2) is 0 Å². The van der Waals surface area contributed by atoms with Crippen LogP contribution in [-0.4, -0.2) is 24.5 Å². The summed E-state index contributed by atoms with van der Waals surface area (Å²) in [7, 11) is 0. The Morgan fingerprint density at radius 3 is 2.50 bits per heavy atom. The van der Waals surface area contributed by atoms with Crippen molar-refractivity contribution in [3.05, 3.63) is 0 Å². The Morgan fingerprint density at radius 2 is 2.20 bits per heavy atom. The van der Waals surface area contributed by atoms with E-state index in [1.165, 1.54) is 0 Å². The Balaban J connectivity index is 0.000000810. The molecule has 1 aliphatic carbocycles. The van der Waals surface area contributed by atoms with Crippen LogP contribution in [0.25, 0.3) is 0 Å². The van der Waals surface area contributed by atoms with Crippen LogP contribution in [0.4, 0.5) is 0 Å². The van der Waals surface area contributed by atoms with Crippen molar-refractivity contribution >= 4 is 18.3 Å². The van der Waals surface area contributed by atoms with E-state index in [2.05, 4.69) is 5.32 Å². The monoisotopic (exact) mass is 165 g/mol. The van der Waals surface area contributed by atoms with Gasteiger partial charge in [-0.2, -0.15) is 0 Å². The van der Waals surface area contributed by atoms with Crippen LogP contribution in [0.2, 0.25) is 0 Å². The van der Waals surface area contributed by atoms with Crippen molar-refractivity contribution < 1.29 is 4.79 Å². The maximum Gasteiger partial charge on any atom is 0.234 e. The summed E-state index contributed by atoms with van der Waals surface area (Å²) in [5.41, 5.74) is 10.5. The highest BCUT2D eigenvalue weighted by molar-refractivity contribution is 5.85. The average Bonchev–Trinajstić information content (AvgIpc) is 2.47. The van der Waals surface area contributed by atoms with E-state index in [1.54, 1.807) is 0 Å². The Hall–Kier alpha value is -0.320. The number of carbonyl (C=O) groups is 1. The van der Waals surface area contributed by atoms with Crippen LogP contribution in [0, 0.1) is 0 Å². The molecular weight excluding hydrogens is 154 g/mol. The molecule has 5 N–H and O–H groups in total. The highest BCUT2D eigenvalue weighted by atomic mass is 35.5. The van der Waals surface area contributed by atoms with Crippen molar-refractivity contribution in [3.8, 4) is 0 Å². The molecule has 0 aromatic heterocycles. The fourth-order valence-corrected chi connectivity index (χ4v) is 0.646. The molecule has 0 aliphatic heterocycles. The van der Waals surface area contributed by atoms with Gasteiger partial charge in [-0.25, -0.2) is 0 Å². The Kier molecular flexibility index (Phi) is 3.63. The first-order valence-corrected chi connectivity index (χ1v) is 2.99. The van der Waals surface area contributed by atoms with Gasteiger partial charge in [-0.05, 0) is 6.42 Å². The molecule has 2 atom stereocenters. The summed E-state index contributed by atoms with van der Waals surface area (Å²) in [6.07, 6.45) is 0.895. The molecule has 1 saturated carbocycles. The van der Waals surface area contributed by atoms with Crippen LogP contribution in [0.5, 0.6) is 0 Å². The molecule has 1 amide bonds. The lowest BCUT2D eigenvalue weighted by Crippen LogP contribution is -2.34. The maximum atomic E-state index is 10.5. The molecule has 0 saturated heterocycles. The summed E-state index contributed by atoms with van der Waals surface area (Å²) < 4.78 is 0. The van der Waals surface area contributed by atoms with Crippen molar-refractivity contribution in [2.24, 2.45) is 11.5 Å². The maximum absolute atomic E-state index is 10.5. The first-order valence-electron chi connectivity index (χ1n) is 2.99. The number of halogens is 1. The first-order chi connectivity index (χ1) is 4.24. The topological polar surface area (TPSA) is 81.1 Å². The molecule has 0 heterocycles. The third-order valence-electron chi connectivity index (χ3n) is 1.37. The minimum Gasteiger partial charge on any atom is -0.351 e. The second-order valence-corrected chi connectivity index (χ2v) is 2.28. The van der Waals surface area contributed by atoms with E-state index in [1.807, 2.05) is 0 Å². The fourth-order valence-electron chi connectivity index (χ4n) is 0.646. The minimum absolute atomic E-state index is 0. The number of amides is 1. The van der Waals surface area contributed by atoms with E-state index in [-0.39, 0.29) is 36.9 Å². The molecule has 0 aromatic carbocycles. The standard InChI is InChI=1S/C5H11N3O.ClH/c6-2-5(9)8-4-1-3(4)7;/h3-4H,1-2,6-7H2,(H,8,9);1H. The molecule has 1 aliphatic rings. The van der Waals surface area contributed by atoms with Crippen LogP contribution in [-0.2, 0) is 4.79 Å². The number of rotatable bonds is 2. The molecular formula is C5H12ClN3O. The van der Waals surface area contributed by atoms with Crippen molar-refractivity contribution in [3.63, 3.8) is 0 Å². The number of nitrogens with two attached hydrogens (primary N) is 2. The summed E-state index contributed by atoms with van der Waals surface area (Å²) in [4.78, 5) is 10.5. The van der Waals surface area contributed by atoms with Gasteiger partial charge in [0.2, 0.25) is 5.91 Å². The molecule has 10 heavy (non-hydrogen) atoms. The summed E-state index contributed by atoms with van der Waals surface area (Å²) in [5, 5.41) is 2.66. The zero-order valence-corrected chi connectivity index (χ0v) is 6.36. The van der Waals surface area contributed by atoms with E-state index in [9.17, 15) is 4.79 Å². The van der Waals surface area contributed by atoms with Gasteiger partial charge in [-0.3, -0.25) is 4.79 Å². The van der Waals surface area contributed by atoms with Gasteiger partial charge >= 0.3 is 0 Å². The Labute approximate surface area is 65.7 Å². The molecule has 2 unspecified atom stereocenters. The van der Waals surface area contributed by atoms with Gasteiger partial charge in [-0.1, -0.05) is 0 Å². The van der Waals surface area contributed by atoms with Crippen molar-refractivity contribution in [2.75, 3.05) is 6.54 Å². The third-order valence-corrected chi connectivity index (χ3v) is 1.37. The smallest absolute Gasteiger partial charge is 0.234 e. The van der Waals surface area contributed by atoms with Crippen LogP contribution < -0.4 is 16.8 Å². The van der Waals surface area contributed by atoms with Crippen LogP contribution >= 0.6 is 12.4 Å². The summed E-state index contributed by atoms with van der Waals surface area (Å²) >= 11 is 0. The van der Waals surface area contributed by atoms with Crippen molar-refractivity contribution in [1.82, 2.24) is 5.32 Å². The van der Waals surface area contributed by atoms with E-state index in [4.69, 9.17) is 11.5 Å². The lowest BCUT2D eigenvalue weighted by atomic mass is 10.5. The highest BCUT2D eigenvalue weighted by Gasteiger charge is 2.34. The third kappa shape index (κ3) is 2.51. The molecule has 1 rings (SSSR count). The zero-order chi connectivity index (χ0) is 6.85. The van der Waals surface area contributed by atoms with Crippen molar-refractivity contribution in [2.45, 2.75) is 18.5 Å². The molecule has 0 spiro atoms. The lowest BCUT2D eigenvalue weighted by Gasteiger charge is -1.97. The van der Waals surface area contributed by atoms with Crippen molar-refractivity contribution in [1.29, 1.82) is 0 Å². The Morgan fingerprint density at radius 1 is 1.70 bits per heavy atom. The molecule has 0 aromatic rings. The van der Waals surface area contributed by atoms with Gasteiger partial charge in [0.25, 0.3) is 0 Å². The highest BCUT2D eigenvalue weighted by Crippen LogP contribution is 2.16. The predicted octanol–water partition coefficient (Wildman–Crippen LogP) is -1.42. The van der Waals surface area contributed by atoms with Crippen LogP contribution in [0.1, 0.15) is 6.42 Å². The van der Waals surface area contributed by atoms with E-state index in [0.29, 0.717) is 0 Å². The largest absolute Gasteiger partial charge is 0.351 e. The van der Waals surface area contributed by atoms with Gasteiger partial charge in [0.1, 0.15) is 0 Å². The van der Waals surface area contributed by atoms with E-state index in [0.717, 1.165) is 6.42 Å². The molecule has 4 nitrogen and oxygen atoms in total. The average molecular weight is 166 g/mol. The van der Waals surface area contributed by atoms with E-state index < -0.39 is 0 Å². The summed E-state index contributed by atoms with van der Waals surface area (Å²) in [6.45, 7) is 0.0587. The molecule has 1 fully saturated rings. The normalized spacial score (nSPS) is 28.6. The van der Waals surface area contributed by atoms with E-state index >= 15 is 0 Å². The van der Waals surface area contributed by atoms with Gasteiger partial charge in [0.15, 0.2) is 0 Å². The fraction of sp³-hybridized carbons (Fsp3) is 0.800. The molecule has 0 bridgehead atoms. The number of nitrogens with one attached hydrogen (secondary N) is 1. The van der Waals surface area contributed by atoms with Gasteiger partial charge in [0, 0.05) is 12.1 Å². The summed E-state index contributed by atoms with van der Waals surface area (Å²) in [5.74, 6) is -0.118. The SMILES string of the molecule is Cl.NCC(=O)NC1CC1N. The predicted molar refractivity (Wildman–Crippen MR) is 40.8 cm³/mol. The molecule has 60 valence electrons. The second kappa shape index (κ2) is 3.75. The number of hydrogen-bond acceptors (Lipinski definition) is 3. The first kappa shape index (κ1) is 9.68. The molecule has 5 heteroatoms. The van der Waals surface area contributed by atoms with Crippen LogP contribution in [0.3, 0.4) is 0 Å². The summed E-state index contributed by atoms with van der Waals surface area (Å²) in [6, 6.07) is 0.363. The quantitative estimate of drug-likeness (QED) is 0.470. The second-order valence-electron chi connectivity index (χ2n) is 2.28. The zero-order valence-electron chi connectivity index (χ0n) is 5.54.